The van der Waals surface area contributed by atoms with Crippen LogP contribution >= 0.6 is 0 Å². The standard InChI is InChI=1S/C15H11F3N2O2/c1-8-13-11(15(16,17)18)7-12(19-14(13)22-20-8)9-4-3-5-10(6-9)21-2/h3-7H,1-2H3. The summed E-state index contributed by atoms with van der Waals surface area (Å²) in [7, 11) is 1.48. The van der Waals surface area contributed by atoms with Crippen LogP contribution in [-0.2, 0) is 6.18 Å². The Hall–Kier alpha value is -2.57. The molecule has 0 radical (unpaired) electrons. The number of ether oxygens (including phenoxy) is 1. The van der Waals surface area contributed by atoms with Crippen molar-refractivity contribution < 1.29 is 22.4 Å². The third kappa shape index (κ3) is 2.38. The lowest BCUT2D eigenvalue weighted by atomic mass is 10.1. The van der Waals surface area contributed by atoms with E-state index >= 15 is 0 Å². The maximum Gasteiger partial charge on any atom is 0.417 e. The highest BCUT2D eigenvalue weighted by Gasteiger charge is 2.35. The molecule has 0 atom stereocenters. The second-order valence-electron chi connectivity index (χ2n) is 4.73. The van der Waals surface area contributed by atoms with E-state index in [0.717, 1.165) is 6.07 Å². The Bertz CT molecular complexity index is 840. The first-order valence-electron chi connectivity index (χ1n) is 6.39. The van der Waals surface area contributed by atoms with Crippen molar-refractivity contribution in [3.05, 3.63) is 41.6 Å². The summed E-state index contributed by atoms with van der Waals surface area (Å²) >= 11 is 0. The zero-order valence-corrected chi connectivity index (χ0v) is 11.7. The van der Waals surface area contributed by atoms with Crippen LogP contribution in [0.15, 0.2) is 34.9 Å². The van der Waals surface area contributed by atoms with Crippen molar-refractivity contribution in [1.82, 2.24) is 10.1 Å². The van der Waals surface area contributed by atoms with E-state index in [-0.39, 0.29) is 22.5 Å². The molecular formula is C15H11F3N2O2. The van der Waals surface area contributed by atoms with Crippen LogP contribution in [0.1, 0.15) is 11.3 Å². The van der Waals surface area contributed by atoms with Crippen LogP contribution in [0, 0.1) is 6.92 Å². The van der Waals surface area contributed by atoms with Gasteiger partial charge in [-0.1, -0.05) is 17.3 Å². The Labute approximate surface area is 123 Å². The second kappa shape index (κ2) is 5.01. The minimum absolute atomic E-state index is 0.112. The Kier molecular flexibility index (Phi) is 3.27. The van der Waals surface area contributed by atoms with Gasteiger partial charge in [-0.05, 0) is 25.1 Å². The molecule has 0 saturated heterocycles. The minimum atomic E-state index is -4.52. The molecule has 0 saturated carbocycles. The van der Waals surface area contributed by atoms with E-state index in [9.17, 15) is 13.2 Å². The molecule has 0 aliphatic rings. The lowest BCUT2D eigenvalue weighted by Gasteiger charge is -2.10. The van der Waals surface area contributed by atoms with Crippen LogP contribution in [0.2, 0.25) is 0 Å². The van der Waals surface area contributed by atoms with Crippen molar-refractivity contribution in [2.45, 2.75) is 13.1 Å². The van der Waals surface area contributed by atoms with E-state index in [1.54, 1.807) is 24.3 Å². The van der Waals surface area contributed by atoms with Gasteiger partial charge in [0.25, 0.3) is 5.71 Å². The zero-order chi connectivity index (χ0) is 15.9. The number of nitrogens with zero attached hydrogens (tertiary/aromatic N) is 2. The molecule has 114 valence electrons. The van der Waals surface area contributed by atoms with Gasteiger partial charge in [-0.3, -0.25) is 0 Å². The highest BCUT2D eigenvalue weighted by atomic mass is 19.4. The van der Waals surface area contributed by atoms with Gasteiger partial charge in [-0.15, -0.1) is 0 Å². The fraction of sp³-hybridized carbons (Fsp3) is 0.200. The Morgan fingerprint density at radius 3 is 2.64 bits per heavy atom. The molecule has 1 aromatic carbocycles. The molecule has 4 nitrogen and oxygen atoms in total. The summed E-state index contributed by atoms with van der Waals surface area (Å²) in [6, 6.07) is 7.64. The van der Waals surface area contributed by atoms with Gasteiger partial charge in [-0.25, -0.2) is 4.98 Å². The van der Waals surface area contributed by atoms with Gasteiger partial charge in [-0.2, -0.15) is 13.2 Å². The number of pyridine rings is 1. The lowest BCUT2D eigenvalue weighted by Crippen LogP contribution is -2.07. The number of fused-ring (bicyclic) bond motifs is 1. The molecule has 0 bridgehead atoms. The molecule has 0 fully saturated rings. The van der Waals surface area contributed by atoms with Crippen LogP contribution in [0.4, 0.5) is 13.2 Å². The van der Waals surface area contributed by atoms with E-state index in [4.69, 9.17) is 9.26 Å². The molecule has 22 heavy (non-hydrogen) atoms. The van der Waals surface area contributed by atoms with Gasteiger partial charge in [0.05, 0.1) is 29.4 Å². The monoisotopic (exact) mass is 308 g/mol. The molecule has 2 aromatic heterocycles. The van der Waals surface area contributed by atoms with Crippen molar-refractivity contribution in [1.29, 1.82) is 0 Å². The van der Waals surface area contributed by atoms with Gasteiger partial charge >= 0.3 is 6.18 Å². The van der Waals surface area contributed by atoms with Crippen LogP contribution in [0.5, 0.6) is 5.75 Å². The maximum absolute atomic E-state index is 13.3. The second-order valence-corrected chi connectivity index (χ2v) is 4.73. The largest absolute Gasteiger partial charge is 0.497 e. The van der Waals surface area contributed by atoms with E-state index < -0.39 is 11.7 Å². The number of aromatic nitrogens is 2. The van der Waals surface area contributed by atoms with E-state index in [1.165, 1.54) is 14.0 Å². The highest BCUT2D eigenvalue weighted by molar-refractivity contribution is 5.83. The zero-order valence-electron chi connectivity index (χ0n) is 11.7. The topological polar surface area (TPSA) is 48.2 Å². The molecule has 0 aliphatic carbocycles. The number of aryl methyl sites for hydroxylation is 1. The van der Waals surface area contributed by atoms with E-state index in [2.05, 4.69) is 10.1 Å². The molecule has 7 heteroatoms. The van der Waals surface area contributed by atoms with Crippen molar-refractivity contribution in [2.75, 3.05) is 7.11 Å². The van der Waals surface area contributed by atoms with Crippen molar-refractivity contribution in [3.63, 3.8) is 0 Å². The van der Waals surface area contributed by atoms with Gasteiger partial charge in [0.15, 0.2) is 0 Å². The normalized spacial score (nSPS) is 11.9. The van der Waals surface area contributed by atoms with Crippen molar-refractivity contribution in [2.24, 2.45) is 0 Å². The summed E-state index contributed by atoms with van der Waals surface area (Å²) in [6.07, 6.45) is -4.52. The Morgan fingerprint density at radius 2 is 1.95 bits per heavy atom. The summed E-state index contributed by atoms with van der Waals surface area (Å²) < 4.78 is 49.9. The van der Waals surface area contributed by atoms with E-state index in [1.807, 2.05) is 0 Å². The smallest absolute Gasteiger partial charge is 0.417 e. The first-order valence-corrected chi connectivity index (χ1v) is 6.39. The highest BCUT2D eigenvalue weighted by Crippen LogP contribution is 2.38. The van der Waals surface area contributed by atoms with Crippen LogP contribution < -0.4 is 4.74 Å². The molecule has 0 aliphatic heterocycles. The fourth-order valence-corrected chi connectivity index (χ4v) is 2.25. The molecule has 0 N–H and O–H groups in total. The lowest BCUT2D eigenvalue weighted by molar-refractivity contribution is -0.136. The van der Waals surface area contributed by atoms with Crippen LogP contribution in [0.3, 0.4) is 0 Å². The average molecular weight is 308 g/mol. The fourth-order valence-electron chi connectivity index (χ4n) is 2.25. The third-order valence-corrected chi connectivity index (χ3v) is 3.29. The summed E-state index contributed by atoms with van der Waals surface area (Å²) in [5.41, 5.74) is -0.137. The molecular weight excluding hydrogens is 297 g/mol. The molecule has 0 amide bonds. The van der Waals surface area contributed by atoms with E-state index in [0.29, 0.717) is 11.3 Å². The average Bonchev–Trinajstić information content (AvgIpc) is 2.87. The van der Waals surface area contributed by atoms with Gasteiger partial charge in [0, 0.05) is 5.56 Å². The molecule has 0 spiro atoms. The molecule has 3 rings (SSSR count). The van der Waals surface area contributed by atoms with Crippen molar-refractivity contribution in [3.8, 4) is 17.0 Å². The third-order valence-electron chi connectivity index (χ3n) is 3.29. The molecule has 3 aromatic rings. The minimum Gasteiger partial charge on any atom is -0.497 e. The summed E-state index contributed by atoms with van der Waals surface area (Å²) in [4.78, 5) is 4.13. The van der Waals surface area contributed by atoms with Gasteiger partial charge in [0.2, 0.25) is 0 Å². The summed E-state index contributed by atoms with van der Waals surface area (Å²) in [5, 5.41) is 3.46. The molecule has 0 unspecified atom stereocenters. The molecule has 2 heterocycles. The maximum atomic E-state index is 13.3. The number of benzene rings is 1. The Balaban J connectivity index is 2.27. The van der Waals surface area contributed by atoms with Gasteiger partial charge < -0.3 is 9.26 Å². The summed E-state index contributed by atoms with van der Waals surface area (Å²) in [5.74, 6) is 0.529. The number of hydrogen-bond donors (Lipinski definition) is 0. The first kappa shape index (κ1) is 14.4. The van der Waals surface area contributed by atoms with Gasteiger partial charge in [0.1, 0.15) is 5.75 Å². The predicted octanol–water partition coefficient (Wildman–Crippen LogP) is 4.23. The number of alkyl halides is 3. The first-order chi connectivity index (χ1) is 10.4. The number of rotatable bonds is 2. The number of hydrogen-bond acceptors (Lipinski definition) is 4. The quantitative estimate of drug-likeness (QED) is 0.711. The predicted molar refractivity (Wildman–Crippen MR) is 73.5 cm³/mol. The SMILES string of the molecule is COc1cccc(-c2cc(C(F)(F)F)c3c(C)noc3n2)c1. The Morgan fingerprint density at radius 1 is 1.18 bits per heavy atom. The van der Waals surface area contributed by atoms with Crippen LogP contribution in [-0.4, -0.2) is 17.3 Å². The number of halogens is 3. The number of methoxy groups -OCH3 is 1. The summed E-state index contributed by atoms with van der Waals surface area (Å²) in [6.45, 7) is 1.45. The van der Waals surface area contributed by atoms with Crippen LogP contribution in [0.25, 0.3) is 22.4 Å². The van der Waals surface area contributed by atoms with Crippen molar-refractivity contribution >= 4 is 11.1 Å².